The number of amides is 2. The van der Waals surface area contributed by atoms with E-state index >= 15 is 0 Å². The van der Waals surface area contributed by atoms with Crippen molar-refractivity contribution < 1.29 is 42.9 Å². The van der Waals surface area contributed by atoms with Crippen molar-refractivity contribution >= 4 is 29.9 Å². The first-order valence-corrected chi connectivity index (χ1v) is 9.79. The molecule has 0 saturated carbocycles. The van der Waals surface area contributed by atoms with Gasteiger partial charge in [-0.15, -0.1) is 0 Å². The summed E-state index contributed by atoms with van der Waals surface area (Å²) in [4.78, 5) is 59.8. The first-order valence-electron chi connectivity index (χ1n) is 9.79. The van der Waals surface area contributed by atoms with E-state index in [1.54, 1.807) is 24.3 Å². The molecule has 1 aromatic carbocycles. The largest absolute Gasteiger partial charge is 0.469 e. The predicted molar refractivity (Wildman–Crippen MR) is 110 cm³/mol. The molecule has 32 heavy (non-hydrogen) atoms. The summed E-state index contributed by atoms with van der Waals surface area (Å²) >= 11 is 0. The van der Waals surface area contributed by atoms with Gasteiger partial charge in [0.1, 0.15) is 18.7 Å². The van der Waals surface area contributed by atoms with E-state index in [1.807, 2.05) is 6.07 Å². The molecule has 176 valence electrons. The Hall–Kier alpha value is -3.63. The first kappa shape index (κ1) is 26.4. The van der Waals surface area contributed by atoms with E-state index in [9.17, 15) is 24.0 Å². The van der Waals surface area contributed by atoms with Crippen molar-refractivity contribution in [1.29, 1.82) is 0 Å². The van der Waals surface area contributed by atoms with Gasteiger partial charge in [-0.1, -0.05) is 30.3 Å². The van der Waals surface area contributed by atoms with Crippen LogP contribution in [0.5, 0.6) is 0 Å². The Bertz CT molecular complexity index is 783. The molecule has 2 amide bonds. The molecule has 0 saturated heterocycles. The van der Waals surface area contributed by atoms with Crippen LogP contribution in [0.3, 0.4) is 0 Å². The summed E-state index contributed by atoms with van der Waals surface area (Å²) in [6, 6.07) is 6.54. The Morgan fingerprint density at radius 2 is 1.34 bits per heavy atom. The van der Waals surface area contributed by atoms with Crippen LogP contribution in [-0.4, -0.2) is 63.3 Å². The standard InChI is InChI=1S/C21H28N2O9/c1-29-17(24)11-9-15(23-21(28)32-13-14-7-5-4-6-8-14)19(26)22-16(20(27)31-3)10-12-18(25)30-2/h4-8,15-16H,9-13H2,1-3H3,(H,22,26)(H,23,28)/t15-,16-/m0/s1. The van der Waals surface area contributed by atoms with Crippen LogP contribution in [-0.2, 0) is 44.7 Å². The summed E-state index contributed by atoms with van der Waals surface area (Å²) < 4.78 is 18.9. The van der Waals surface area contributed by atoms with Gasteiger partial charge in [0, 0.05) is 12.8 Å². The van der Waals surface area contributed by atoms with E-state index in [-0.39, 0.29) is 32.3 Å². The number of ether oxygens (including phenoxy) is 4. The fourth-order valence-electron chi connectivity index (χ4n) is 2.57. The summed E-state index contributed by atoms with van der Waals surface area (Å²) in [7, 11) is 3.52. The molecular weight excluding hydrogens is 424 g/mol. The molecule has 0 unspecified atom stereocenters. The average Bonchev–Trinajstić information content (AvgIpc) is 2.82. The smallest absolute Gasteiger partial charge is 0.408 e. The van der Waals surface area contributed by atoms with E-state index in [4.69, 9.17) is 4.74 Å². The van der Waals surface area contributed by atoms with Crippen molar-refractivity contribution in [3.63, 3.8) is 0 Å². The minimum Gasteiger partial charge on any atom is -0.469 e. The summed E-state index contributed by atoms with van der Waals surface area (Å²) in [5, 5.41) is 4.80. The minimum absolute atomic E-state index is 0.0259. The van der Waals surface area contributed by atoms with Gasteiger partial charge in [-0.3, -0.25) is 14.4 Å². The van der Waals surface area contributed by atoms with Crippen LogP contribution in [0.2, 0.25) is 0 Å². The van der Waals surface area contributed by atoms with Gasteiger partial charge in [0.05, 0.1) is 21.3 Å². The highest BCUT2D eigenvalue weighted by atomic mass is 16.5. The maximum Gasteiger partial charge on any atom is 0.408 e. The van der Waals surface area contributed by atoms with Crippen LogP contribution in [0.25, 0.3) is 0 Å². The van der Waals surface area contributed by atoms with Gasteiger partial charge < -0.3 is 29.6 Å². The third-order valence-electron chi connectivity index (χ3n) is 4.35. The lowest BCUT2D eigenvalue weighted by atomic mass is 10.1. The van der Waals surface area contributed by atoms with Crippen molar-refractivity contribution in [2.45, 2.75) is 44.4 Å². The highest BCUT2D eigenvalue weighted by molar-refractivity contribution is 5.90. The van der Waals surface area contributed by atoms with E-state index < -0.39 is 42.0 Å². The molecule has 2 atom stereocenters. The topological polar surface area (TPSA) is 146 Å². The maximum atomic E-state index is 12.7. The third kappa shape index (κ3) is 9.92. The lowest BCUT2D eigenvalue weighted by Crippen LogP contribution is -2.52. The van der Waals surface area contributed by atoms with Crippen molar-refractivity contribution in [3.8, 4) is 0 Å². The fourth-order valence-corrected chi connectivity index (χ4v) is 2.57. The van der Waals surface area contributed by atoms with Crippen LogP contribution < -0.4 is 10.6 Å². The number of carbonyl (C=O) groups excluding carboxylic acids is 5. The van der Waals surface area contributed by atoms with Gasteiger partial charge >= 0.3 is 24.0 Å². The fraction of sp³-hybridized carbons (Fsp3) is 0.476. The van der Waals surface area contributed by atoms with Crippen LogP contribution in [0.4, 0.5) is 4.79 Å². The van der Waals surface area contributed by atoms with Gasteiger partial charge in [0.15, 0.2) is 0 Å². The number of benzene rings is 1. The molecule has 0 aromatic heterocycles. The molecule has 0 aliphatic rings. The molecule has 0 heterocycles. The lowest BCUT2D eigenvalue weighted by Gasteiger charge is -2.21. The zero-order valence-electron chi connectivity index (χ0n) is 18.3. The Labute approximate surface area is 185 Å². The molecular formula is C21H28N2O9. The molecule has 11 heteroatoms. The number of nitrogens with one attached hydrogen (secondary N) is 2. The molecule has 0 spiro atoms. The van der Waals surface area contributed by atoms with Crippen LogP contribution in [0.1, 0.15) is 31.2 Å². The summed E-state index contributed by atoms with van der Waals surface area (Å²) in [6.07, 6.45) is -1.38. The SMILES string of the molecule is COC(=O)CC[C@H](NC(=O)OCc1ccccc1)C(=O)N[C@@H](CCC(=O)OC)C(=O)OC. The number of esters is 3. The Morgan fingerprint density at radius 1 is 0.781 bits per heavy atom. The number of hydrogen-bond donors (Lipinski definition) is 2. The Balaban J connectivity index is 2.80. The van der Waals surface area contributed by atoms with Gasteiger partial charge in [0.2, 0.25) is 5.91 Å². The lowest BCUT2D eigenvalue weighted by molar-refractivity contribution is -0.147. The van der Waals surface area contributed by atoms with Crippen molar-refractivity contribution in [2.75, 3.05) is 21.3 Å². The zero-order valence-corrected chi connectivity index (χ0v) is 18.3. The second-order valence-corrected chi connectivity index (χ2v) is 6.57. The highest BCUT2D eigenvalue weighted by Crippen LogP contribution is 2.06. The van der Waals surface area contributed by atoms with E-state index in [0.29, 0.717) is 0 Å². The minimum atomic E-state index is -1.21. The highest BCUT2D eigenvalue weighted by Gasteiger charge is 2.28. The molecule has 1 aromatic rings. The van der Waals surface area contributed by atoms with Gasteiger partial charge in [0.25, 0.3) is 0 Å². The number of alkyl carbamates (subject to hydrolysis) is 1. The van der Waals surface area contributed by atoms with E-state index in [2.05, 4.69) is 24.8 Å². The first-order chi connectivity index (χ1) is 15.3. The second-order valence-electron chi connectivity index (χ2n) is 6.57. The monoisotopic (exact) mass is 452 g/mol. The number of rotatable bonds is 12. The van der Waals surface area contributed by atoms with E-state index in [0.717, 1.165) is 12.7 Å². The van der Waals surface area contributed by atoms with Crippen molar-refractivity contribution in [2.24, 2.45) is 0 Å². The van der Waals surface area contributed by atoms with Gasteiger partial charge in [-0.25, -0.2) is 9.59 Å². The zero-order chi connectivity index (χ0) is 23.9. The molecule has 1 rings (SSSR count). The number of methoxy groups -OCH3 is 3. The van der Waals surface area contributed by atoms with Gasteiger partial charge in [-0.2, -0.15) is 0 Å². The van der Waals surface area contributed by atoms with E-state index in [1.165, 1.54) is 14.2 Å². The molecule has 0 aliphatic carbocycles. The third-order valence-corrected chi connectivity index (χ3v) is 4.35. The maximum absolute atomic E-state index is 12.7. The summed E-state index contributed by atoms with van der Waals surface area (Å²) in [5.41, 5.74) is 0.742. The van der Waals surface area contributed by atoms with Crippen LogP contribution in [0.15, 0.2) is 30.3 Å². The quantitative estimate of drug-likeness (QED) is 0.348. The molecule has 0 bridgehead atoms. The summed E-state index contributed by atoms with van der Waals surface area (Å²) in [5.74, 6) is -2.69. The van der Waals surface area contributed by atoms with Crippen molar-refractivity contribution in [1.82, 2.24) is 10.6 Å². The van der Waals surface area contributed by atoms with Crippen LogP contribution in [0, 0.1) is 0 Å². The summed E-state index contributed by atoms with van der Waals surface area (Å²) in [6.45, 7) is -0.0259. The van der Waals surface area contributed by atoms with Crippen LogP contribution >= 0.6 is 0 Å². The molecule has 0 fully saturated rings. The Morgan fingerprint density at radius 3 is 1.88 bits per heavy atom. The Kier molecular flexibility index (Phi) is 11.9. The molecule has 0 aliphatic heterocycles. The van der Waals surface area contributed by atoms with Crippen molar-refractivity contribution in [3.05, 3.63) is 35.9 Å². The number of hydrogen-bond acceptors (Lipinski definition) is 9. The molecule has 2 N–H and O–H groups in total. The molecule has 0 radical (unpaired) electrons. The number of carbonyl (C=O) groups is 5. The average molecular weight is 452 g/mol. The van der Waals surface area contributed by atoms with Gasteiger partial charge in [-0.05, 0) is 18.4 Å². The molecule has 11 nitrogen and oxygen atoms in total. The normalized spacial score (nSPS) is 12.0. The second kappa shape index (κ2) is 14.4. The predicted octanol–water partition coefficient (Wildman–Crippen LogP) is 0.846.